The van der Waals surface area contributed by atoms with E-state index in [4.69, 9.17) is 18.0 Å². The number of rotatable bonds is 3. The third-order valence-electron chi connectivity index (χ3n) is 4.41. The van der Waals surface area contributed by atoms with Crippen molar-refractivity contribution in [1.82, 2.24) is 5.32 Å². The number of hydrogen-bond acceptors (Lipinski definition) is 2. The van der Waals surface area contributed by atoms with Crippen molar-refractivity contribution in [3.8, 4) is 0 Å². The van der Waals surface area contributed by atoms with Gasteiger partial charge in [-0.3, -0.25) is 4.79 Å². The highest BCUT2D eigenvalue weighted by molar-refractivity contribution is 7.80. The molecule has 0 aromatic rings. The largest absolute Gasteiger partial charge is 0.391 e. The molecular formula is C13H22N2OS. The molecule has 0 aliphatic heterocycles. The van der Waals surface area contributed by atoms with Crippen molar-refractivity contribution in [1.29, 1.82) is 0 Å². The Morgan fingerprint density at radius 2 is 1.88 bits per heavy atom. The van der Waals surface area contributed by atoms with Crippen LogP contribution in [-0.4, -0.2) is 16.4 Å². The first kappa shape index (κ1) is 12.8. The number of hydrogen-bond donors (Lipinski definition) is 2. The quantitative estimate of drug-likeness (QED) is 0.757. The Kier molecular flexibility index (Phi) is 3.43. The summed E-state index contributed by atoms with van der Waals surface area (Å²) in [6.07, 6.45) is 5.00. The van der Waals surface area contributed by atoms with Crippen LogP contribution in [0, 0.1) is 17.8 Å². The summed E-state index contributed by atoms with van der Waals surface area (Å²) in [5.41, 5.74) is 5.47. The lowest BCUT2D eigenvalue weighted by Gasteiger charge is -2.39. The van der Waals surface area contributed by atoms with E-state index in [9.17, 15) is 4.79 Å². The Hall–Kier alpha value is -0.640. The van der Waals surface area contributed by atoms with Crippen LogP contribution < -0.4 is 11.1 Å². The van der Waals surface area contributed by atoms with Gasteiger partial charge in [0.05, 0.1) is 10.5 Å². The van der Waals surface area contributed by atoms with Crippen molar-refractivity contribution < 1.29 is 4.79 Å². The molecule has 2 saturated carbocycles. The van der Waals surface area contributed by atoms with Crippen LogP contribution in [-0.2, 0) is 4.79 Å². The fourth-order valence-corrected chi connectivity index (χ4v) is 2.96. The number of nitrogens with one attached hydrogen (secondary N) is 1. The van der Waals surface area contributed by atoms with E-state index >= 15 is 0 Å². The number of nitrogens with two attached hydrogens (primary N) is 1. The molecule has 96 valence electrons. The summed E-state index contributed by atoms with van der Waals surface area (Å²) in [6.45, 7) is 4.36. The first-order valence-electron chi connectivity index (χ1n) is 6.56. The molecule has 4 heteroatoms. The monoisotopic (exact) mass is 254 g/mol. The first-order valence-corrected chi connectivity index (χ1v) is 6.97. The topological polar surface area (TPSA) is 55.1 Å². The van der Waals surface area contributed by atoms with Crippen molar-refractivity contribution in [2.24, 2.45) is 23.5 Å². The van der Waals surface area contributed by atoms with E-state index in [1.54, 1.807) is 0 Å². The van der Waals surface area contributed by atoms with Gasteiger partial charge in [0.15, 0.2) is 0 Å². The summed E-state index contributed by atoms with van der Waals surface area (Å²) in [4.78, 5) is 12.5. The van der Waals surface area contributed by atoms with Crippen molar-refractivity contribution in [3.63, 3.8) is 0 Å². The Bertz CT molecular complexity index is 334. The molecule has 3 N–H and O–H groups in total. The minimum Gasteiger partial charge on any atom is -0.391 e. The minimum absolute atomic E-state index is 0.153. The highest BCUT2D eigenvalue weighted by Gasteiger charge is 2.44. The zero-order chi connectivity index (χ0) is 12.6. The lowest BCUT2D eigenvalue weighted by molar-refractivity contribution is -0.124. The molecule has 2 rings (SSSR count). The summed E-state index contributed by atoms with van der Waals surface area (Å²) < 4.78 is 0. The second-order valence-corrected chi connectivity index (χ2v) is 6.38. The minimum atomic E-state index is -0.402. The highest BCUT2D eigenvalue weighted by Crippen LogP contribution is 2.39. The van der Waals surface area contributed by atoms with Gasteiger partial charge in [-0.05, 0) is 43.9 Å². The molecule has 0 spiro atoms. The van der Waals surface area contributed by atoms with Crippen LogP contribution in [0.1, 0.15) is 46.0 Å². The van der Waals surface area contributed by atoms with Gasteiger partial charge in [-0.15, -0.1) is 0 Å². The average molecular weight is 254 g/mol. The Labute approximate surface area is 109 Å². The molecule has 0 heterocycles. The third-order valence-corrected chi connectivity index (χ3v) is 4.80. The molecule has 0 radical (unpaired) electrons. The van der Waals surface area contributed by atoms with Crippen LogP contribution in [0.25, 0.3) is 0 Å². The lowest BCUT2D eigenvalue weighted by atomic mass is 9.77. The van der Waals surface area contributed by atoms with Crippen LogP contribution in [0.5, 0.6) is 0 Å². The maximum Gasteiger partial charge on any atom is 0.224 e. The lowest BCUT2D eigenvalue weighted by Crippen LogP contribution is -2.58. The molecule has 0 bridgehead atoms. The molecule has 17 heavy (non-hydrogen) atoms. The van der Waals surface area contributed by atoms with E-state index in [0.717, 1.165) is 32.1 Å². The second kappa shape index (κ2) is 4.56. The molecule has 0 aromatic heterocycles. The molecular weight excluding hydrogens is 232 g/mol. The standard InChI is InChI=1S/C13H22N2OS/c1-8-3-5-13(6-4-8,12(14)17)15-11(16)10-7-9(10)2/h8-10H,3-7H2,1-2H3,(H2,14,17)(H,15,16). The van der Waals surface area contributed by atoms with Crippen LogP contribution in [0.3, 0.4) is 0 Å². The Morgan fingerprint density at radius 3 is 2.29 bits per heavy atom. The number of carbonyl (C=O) groups is 1. The SMILES string of the molecule is CC1CCC(NC(=O)C2CC2C)(C(N)=S)CC1. The van der Waals surface area contributed by atoms with E-state index < -0.39 is 5.54 Å². The molecule has 0 aromatic carbocycles. The zero-order valence-electron chi connectivity index (χ0n) is 10.7. The van der Waals surface area contributed by atoms with Crippen LogP contribution >= 0.6 is 12.2 Å². The van der Waals surface area contributed by atoms with E-state index in [1.165, 1.54) is 0 Å². The number of thiocarbonyl (C=S) groups is 1. The van der Waals surface area contributed by atoms with Gasteiger partial charge in [0, 0.05) is 5.92 Å². The van der Waals surface area contributed by atoms with Crippen molar-refractivity contribution in [2.45, 2.75) is 51.5 Å². The van der Waals surface area contributed by atoms with E-state index in [1.807, 2.05) is 0 Å². The molecule has 1 amide bonds. The first-order chi connectivity index (χ1) is 7.94. The molecule has 2 fully saturated rings. The summed E-state index contributed by atoms with van der Waals surface area (Å²) in [6, 6.07) is 0. The average Bonchev–Trinajstić information content (AvgIpc) is 2.99. The van der Waals surface area contributed by atoms with Gasteiger partial charge < -0.3 is 11.1 Å². The van der Waals surface area contributed by atoms with Gasteiger partial charge in [0.25, 0.3) is 0 Å². The molecule has 2 aliphatic carbocycles. The van der Waals surface area contributed by atoms with Crippen molar-refractivity contribution in [2.75, 3.05) is 0 Å². The predicted molar refractivity (Wildman–Crippen MR) is 72.6 cm³/mol. The fourth-order valence-electron chi connectivity index (χ4n) is 2.70. The van der Waals surface area contributed by atoms with Crippen molar-refractivity contribution in [3.05, 3.63) is 0 Å². The molecule has 0 saturated heterocycles. The van der Waals surface area contributed by atoms with E-state index in [2.05, 4.69) is 19.2 Å². The number of carbonyl (C=O) groups excluding carboxylic acids is 1. The Morgan fingerprint density at radius 1 is 1.35 bits per heavy atom. The maximum absolute atomic E-state index is 12.0. The molecule has 2 aliphatic rings. The smallest absolute Gasteiger partial charge is 0.224 e. The van der Waals surface area contributed by atoms with Gasteiger partial charge in [-0.25, -0.2) is 0 Å². The van der Waals surface area contributed by atoms with Gasteiger partial charge in [-0.2, -0.15) is 0 Å². The molecule has 2 atom stereocenters. The van der Waals surface area contributed by atoms with Gasteiger partial charge in [0.2, 0.25) is 5.91 Å². The van der Waals surface area contributed by atoms with Crippen molar-refractivity contribution >= 4 is 23.1 Å². The van der Waals surface area contributed by atoms with E-state index in [-0.39, 0.29) is 11.8 Å². The molecule has 3 nitrogen and oxygen atoms in total. The third kappa shape index (κ3) is 2.62. The summed E-state index contributed by atoms with van der Waals surface area (Å²) in [5, 5.41) is 3.14. The summed E-state index contributed by atoms with van der Waals surface area (Å²) in [7, 11) is 0. The number of amides is 1. The highest BCUT2D eigenvalue weighted by atomic mass is 32.1. The summed E-state index contributed by atoms with van der Waals surface area (Å²) in [5.74, 6) is 1.59. The van der Waals surface area contributed by atoms with Crippen LogP contribution in [0.15, 0.2) is 0 Å². The second-order valence-electron chi connectivity index (χ2n) is 5.94. The van der Waals surface area contributed by atoms with Gasteiger partial charge >= 0.3 is 0 Å². The van der Waals surface area contributed by atoms with Gasteiger partial charge in [0.1, 0.15) is 0 Å². The van der Waals surface area contributed by atoms with E-state index in [0.29, 0.717) is 16.8 Å². The zero-order valence-corrected chi connectivity index (χ0v) is 11.5. The van der Waals surface area contributed by atoms with Crippen LogP contribution in [0.4, 0.5) is 0 Å². The fraction of sp³-hybridized carbons (Fsp3) is 0.846. The van der Waals surface area contributed by atoms with Gasteiger partial charge in [-0.1, -0.05) is 26.1 Å². The summed E-state index contributed by atoms with van der Waals surface area (Å²) >= 11 is 5.18. The maximum atomic E-state index is 12.0. The van der Waals surface area contributed by atoms with Crippen LogP contribution in [0.2, 0.25) is 0 Å². The normalized spacial score (nSPS) is 40.7. The molecule has 2 unspecified atom stereocenters. The Balaban J connectivity index is 2.02. The predicted octanol–water partition coefficient (Wildman–Crippen LogP) is 1.99.